The first-order valence-electron chi connectivity index (χ1n) is 9.47. The van der Waals surface area contributed by atoms with Crippen LogP contribution in [0.3, 0.4) is 0 Å². The van der Waals surface area contributed by atoms with Crippen LogP contribution in [0.15, 0.2) is 47.4 Å². The van der Waals surface area contributed by atoms with E-state index in [0.717, 1.165) is 42.4 Å². The Morgan fingerprint density at radius 3 is 2.30 bits per heavy atom. The van der Waals surface area contributed by atoms with Crippen molar-refractivity contribution in [3.63, 3.8) is 0 Å². The Hall–Kier alpha value is -2.78. The number of anilines is 1. The minimum absolute atomic E-state index is 0.0349. The number of benzene rings is 2. The molecule has 1 fully saturated rings. The Labute approximate surface area is 175 Å². The Balaban J connectivity index is 1.86. The van der Waals surface area contributed by atoms with Crippen LogP contribution in [0.2, 0.25) is 0 Å². The number of sulfonamides is 1. The lowest BCUT2D eigenvalue weighted by atomic mass is 10.1. The summed E-state index contributed by atoms with van der Waals surface area (Å²) in [5, 5.41) is 0. The monoisotopic (exact) mass is 434 g/mol. The molecule has 1 aliphatic heterocycles. The van der Waals surface area contributed by atoms with Gasteiger partial charge in [-0.3, -0.25) is 4.79 Å². The Morgan fingerprint density at radius 1 is 1.07 bits per heavy atom. The van der Waals surface area contributed by atoms with Crippen molar-refractivity contribution in [3.05, 3.63) is 59.4 Å². The number of hydrogen-bond donors (Lipinski definition) is 0. The second-order valence-corrected chi connectivity index (χ2v) is 9.32. The van der Waals surface area contributed by atoms with Gasteiger partial charge in [-0.05, 0) is 55.3 Å². The normalized spacial score (nSPS) is 14.2. The molecule has 0 aliphatic carbocycles. The van der Waals surface area contributed by atoms with E-state index in [1.54, 1.807) is 6.07 Å². The molecule has 7 nitrogen and oxygen atoms in total. The fraction of sp³-hybridized carbons (Fsp3) is 0.333. The highest BCUT2D eigenvalue weighted by molar-refractivity contribution is 7.89. The SMILES string of the molecule is CN(C)S(=O)(=O)c1ccc(N2CCCC2)c(C(=O)OCC(=O)c2ccc(F)cc2)c1. The zero-order chi connectivity index (χ0) is 21.9. The number of esters is 1. The van der Waals surface area contributed by atoms with Gasteiger partial charge in [0.25, 0.3) is 0 Å². The van der Waals surface area contributed by atoms with Crippen molar-refractivity contribution in [1.29, 1.82) is 0 Å². The van der Waals surface area contributed by atoms with Gasteiger partial charge in [-0.25, -0.2) is 21.9 Å². The van der Waals surface area contributed by atoms with Gasteiger partial charge < -0.3 is 9.64 Å². The number of ether oxygens (including phenoxy) is 1. The van der Waals surface area contributed by atoms with Crippen molar-refractivity contribution < 1.29 is 27.1 Å². The third kappa shape index (κ3) is 4.68. The quantitative estimate of drug-likeness (QED) is 0.492. The lowest BCUT2D eigenvalue weighted by molar-refractivity contribution is 0.0475. The van der Waals surface area contributed by atoms with Gasteiger partial charge in [0.1, 0.15) is 5.82 Å². The largest absolute Gasteiger partial charge is 0.454 e. The van der Waals surface area contributed by atoms with E-state index in [0.29, 0.717) is 5.69 Å². The number of rotatable bonds is 7. The lowest BCUT2D eigenvalue weighted by Gasteiger charge is -2.22. The van der Waals surface area contributed by atoms with Crippen molar-refractivity contribution in [3.8, 4) is 0 Å². The van der Waals surface area contributed by atoms with Crippen molar-refractivity contribution in [1.82, 2.24) is 4.31 Å². The van der Waals surface area contributed by atoms with E-state index in [4.69, 9.17) is 4.74 Å². The van der Waals surface area contributed by atoms with Gasteiger partial charge in [-0.15, -0.1) is 0 Å². The van der Waals surface area contributed by atoms with E-state index in [-0.39, 0.29) is 16.0 Å². The van der Waals surface area contributed by atoms with Crippen LogP contribution in [0.25, 0.3) is 0 Å². The van der Waals surface area contributed by atoms with E-state index in [2.05, 4.69) is 0 Å². The number of carbonyl (C=O) groups is 2. The highest BCUT2D eigenvalue weighted by Crippen LogP contribution is 2.28. The summed E-state index contributed by atoms with van der Waals surface area (Å²) in [6, 6.07) is 9.26. The smallest absolute Gasteiger partial charge is 0.340 e. The van der Waals surface area contributed by atoms with Gasteiger partial charge in [0.05, 0.1) is 16.1 Å². The van der Waals surface area contributed by atoms with Crippen molar-refractivity contribution in [2.45, 2.75) is 17.7 Å². The predicted octanol–water partition coefficient (Wildman–Crippen LogP) is 2.72. The Kier molecular flexibility index (Phi) is 6.52. The topological polar surface area (TPSA) is 84.0 Å². The molecule has 0 unspecified atom stereocenters. The van der Waals surface area contributed by atoms with E-state index in [1.165, 1.54) is 38.4 Å². The summed E-state index contributed by atoms with van der Waals surface area (Å²) in [6.07, 6.45) is 1.94. The number of nitrogens with zero attached hydrogens (tertiary/aromatic N) is 2. The average Bonchev–Trinajstić information content (AvgIpc) is 3.26. The third-order valence-electron chi connectivity index (χ3n) is 4.91. The van der Waals surface area contributed by atoms with Crippen LogP contribution in [0, 0.1) is 5.82 Å². The summed E-state index contributed by atoms with van der Waals surface area (Å²) in [5.74, 6) is -1.75. The first kappa shape index (κ1) is 21.9. The van der Waals surface area contributed by atoms with Gasteiger partial charge >= 0.3 is 5.97 Å². The molecule has 0 radical (unpaired) electrons. The molecule has 30 heavy (non-hydrogen) atoms. The summed E-state index contributed by atoms with van der Waals surface area (Å²) in [7, 11) is -0.935. The number of carbonyl (C=O) groups excluding carboxylic acids is 2. The first-order chi connectivity index (χ1) is 14.2. The highest BCUT2D eigenvalue weighted by Gasteiger charge is 2.25. The van der Waals surface area contributed by atoms with E-state index < -0.39 is 34.2 Å². The van der Waals surface area contributed by atoms with Crippen molar-refractivity contribution in [2.24, 2.45) is 0 Å². The highest BCUT2D eigenvalue weighted by atomic mass is 32.2. The number of ketones is 1. The Bertz CT molecular complexity index is 1050. The molecule has 0 aromatic heterocycles. The maximum Gasteiger partial charge on any atom is 0.340 e. The molecule has 160 valence electrons. The fourth-order valence-corrected chi connectivity index (χ4v) is 4.14. The number of hydrogen-bond acceptors (Lipinski definition) is 6. The minimum Gasteiger partial charge on any atom is -0.454 e. The predicted molar refractivity (Wildman–Crippen MR) is 110 cm³/mol. The third-order valence-corrected chi connectivity index (χ3v) is 6.72. The number of halogens is 1. The van der Waals surface area contributed by atoms with Crippen LogP contribution in [-0.2, 0) is 14.8 Å². The molecule has 1 heterocycles. The molecule has 0 N–H and O–H groups in total. The lowest BCUT2D eigenvalue weighted by Crippen LogP contribution is -2.25. The van der Waals surface area contributed by atoms with Gasteiger partial charge in [0, 0.05) is 32.7 Å². The molecular weight excluding hydrogens is 411 g/mol. The molecule has 0 atom stereocenters. The maximum atomic E-state index is 13.0. The summed E-state index contributed by atoms with van der Waals surface area (Å²) >= 11 is 0. The molecule has 0 spiro atoms. The van der Waals surface area contributed by atoms with Gasteiger partial charge in [-0.2, -0.15) is 0 Å². The van der Waals surface area contributed by atoms with Crippen LogP contribution < -0.4 is 4.90 Å². The molecule has 3 rings (SSSR count). The van der Waals surface area contributed by atoms with Crippen molar-refractivity contribution >= 4 is 27.5 Å². The van der Waals surface area contributed by atoms with Crippen LogP contribution in [0.5, 0.6) is 0 Å². The molecule has 1 aliphatic rings. The van der Waals surface area contributed by atoms with Gasteiger partial charge in [0.2, 0.25) is 10.0 Å². The molecule has 0 saturated carbocycles. The molecule has 0 bridgehead atoms. The molecular formula is C21H23FN2O5S. The van der Waals surface area contributed by atoms with E-state index in [9.17, 15) is 22.4 Å². The fourth-order valence-electron chi connectivity index (χ4n) is 3.21. The first-order valence-corrected chi connectivity index (χ1v) is 10.9. The average molecular weight is 434 g/mol. The van der Waals surface area contributed by atoms with Crippen molar-refractivity contribution in [2.75, 3.05) is 38.7 Å². The van der Waals surface area contributed by atoms with Gasteiger partial charge in [-0.1, -0.05) is 0 Å². The molecule has 9 heteroatoms. The second-order valence-electron chi connectivity index (χ2n) is 7.17. The standard InChI is InChI=1S/C21H23FN2O5S/c1-23(2)30(27,28)17-9-10-19(24-11-3-4-12-24)18(13-17)21(26)29-14-20(25)15-5-7-16(22)8-6-15/h5-10,13H,3-4,11-12,14H2,1-2H3. The zero-order valence-electron chi connectivity index (χ0n) is 16.8. The molecule has 1 saturated heterocycles. The molecule has 2 aromatic rings. The second kappa shape index (κ2) is 8.93. The Morgan fingerprint density at radius 2 is 1.70 bits per heavy atom. The van der Waals surface area contributed by atoms with Crippen LogP contribution in [0.1, 0.15) is 33.6 Å². The zero-order valence-corrected chi connectivity index (χ0v) is 17.6. The van der Waals surface area contributed by atoms with Crippen LogP contribution >= 0.6 is 0 Å². The van der Waals surface area contributed by atoms with Crippen LogP contribution in [-0.4, -0.2) is 58.3 Å². The van der Waals surface area contributed by atoms with Crippen LogP contribution in [0.4, 0.5) is 10.1 Å². The summed E-state index contributed by atoms with van der Waals surface area (Å²) in [4.78, 5) is 27.0. The summed E-state index contributed by atoms with van der Waals surface area (Å²) in [6.45, 7) is 0.956. The molecule has 0 amide bonds. The minimum atomic E-state index is -3.75. The van der Waals surface area contributed by atoms with E-state index >= 15 is 0 Å². The maximum absolute atomic E-state index is 13.0. The summed E-state index contributed by atoms with van der Waals surface area (Å²) < 4.78 is 44.2. The van der Waals surface area contributed by atoms with E-state index in [1.807, 2.05) is 4.90 Å². The van der Waals surface area contributed by atoms with Gasteiger partial charge in [0.15, 0.2) is 12.4 Å². The number of Topliss-reactive ketones (excluding diaryl/α,β-unsaturated/α-hetero) is 1. The summed E-state index contributed by atoms with van der Waals surface area (Å²) in [5.41, 5.74) is 0.879. The molecule has 2 aromatic carbocycles.